The van der Waals surface area contributed by atoms with Crippen molar-refractivity contribution in [1.82, 2.24) is 0 Å². The van der Waals surface area contributed by atoms with Crippen LogP contribution in [0, 0.1) is 0 Å². The lowest BCUT2D eigenvalue weighted by Gasteiger charge is -2.10. The van der Waals surface area contributed by atoms with Gasteiger partial charge in [0.25, 0.3) is 0 Å². The number of ether oxygens (including phenoxy) is 1. The molecule has 0 bridgehead atoms. The van der Waals surface area contributed by atoms with E-state index in [2.05, 4.69) is 0 Å². The normalized spacial score (nSPS) is 10.2. The maximum absolute atomic E-state index is 10.9. The Bertz CT molecular complexity index is 597. The third kappa shape index (κ3) is 2.78. The van der Waals surface area contributed by atoms with E-state index in [9.17, 15) is 4.79 Å². The quantitative estimate of drug-likeness (QED) is 0.724. The molecule has 0 unspecified atom stereocenters. The Morgan fingerprint density at radius 1 is 1.00 bits per heavy atom. The second-order valence-electron chi connectivity index (χ2n) is 3.45. The first-order valence-corrected chi connectivity index (χ1v) is 6.12. The molecule has 0 radical (unpaired) electrons. The summed E-state index contributed by atoms with van der Waals surface area (Å²) in [4.78, 5) is 10.9. The largest absolute Gasteiger partial charge is 0.455 e. The lowest BCUT2D eigenvalue weighted by molar-refractivity contribution is 0.112. The van der Waals surface area contributed by atoms with Crippen molar-refractivity contribution < 1.29 is 9.53 Å². The number of hydrogen-bond donors (Lipinski definition) is 0. The topological polar surface area (TPSA) is 26.3 Å². The van der Waals surface area contributed by atoms with Crippen LogP contribution in [0.1, 0.15) is 10.4 Å². The van der Waals surface area contributed by atoms with Crippen LogP contribution >= 0.6 is 34.8 Å². The highest BCUT2D eigenvalue weighted by molar-refractivity contribution is 6.42. The summed E-state index contributed by atoms with van der Waals surface area (Å²) in [5.74, 6) is 0.758. The van der Waals surface area contributed by atoms with E-state index in [1.54, 1.807) is 30.3 Å². The fourth-order valence-corrected chi connectivity index (χ4v) is 1.90. The van der Waals surface area contributed by atoms with Crippen molar-refractivity contribution >= 4 is 41.1 Å². The number of halogens is 3. The minimum Gasteiger partial charge on any atom is -0.455 e. The second-order valence-corrected chi connectivity index (χ2v) is 4.68. The van der Waals surface area contributed by atoms with Gasteiger partial charge in [0.1, 0.15) is 16.5 Å². The van der Waals surface area contributed by atoms with Crippen molar-refractivity contribution in [2.45, 2.75) is 0 Å². The molecule has 0 aromatic heterocycles. The summed E-state index contributed by atoms with van der Waals surface area (Å²) in [7, 11) is 0. The summed E-state index contributed by atoms with van der Waals surface area (Å²) in [5.41, 5.74) is 0.346. The Balaban J connectivity index is 2.40. The SMILES string of the molecule is O=Cc1cc(Cl)ccc1Oc1cccc(Cl)c1Cl. The van der Waals surface area contributed by atoms with Crippen molar-refractivity contribution in [3.8, 4) is 11.5 Å². The standard InChI is InChI=1S/C13H7Cl3O2/c14-9-4-5-11(8(6-9)7-17)18-12-3-1-2-10(15)13(12)16/h1-7H. The van der Waals surface area contributed by atoms with Crippen LogP contribution in [0.5, 0.6) is 11.5 Å². The zero-order valence-corrected chi connectivity index (χ0v) is 11.3. The van der Waals surface area contributed by atoms with Crippen molar-refractivity contribution in [3.05, 3.63) is 57.0 Å². The van der Waals surface area contributed by atoms with Gasteiger partial charge in [-0.2, -0.15) is 0 Å². The van der Waals surface area contributed by atoms with Crippen LogP contribution in [0.4, 0.5) is 0 Å². The molecule has 2 aromatic carbocycles. The van der Waals surface area contributed by atoms with Crippen LogP contribution in [0.2, 0.25) is 15.1 Å². The fourth-order valence-electron chi connectivity index (χ4n) is 1.39. The molecule has 2 nitrogen and oxygen atoms in total. The number of carbonyl (C=O) groups excluding carboxylic acids is 1. The molecule has 5 heteroatoms. The number of benzene rings is 2. The van der Waals surface area contributed by atoms with Gasteiger partial charge in [-0.05, 0) is 30.3 Å². The highest BCUT2D eigenvalue weighted by Gasteiger charge is 2.09. The fraction of sp³-hybridized carbons (Fsp3) is 0. The maximum atomic E-state index is 10.9. The predicted molar refractivity (Wildman–Crippen MR) is 73.4 cm³/mol. The van der Waals surface area contributed by atoms with Gasteiger partial charge in [-0.1, -0.05) is 40.9 Å². The summed E-state index contributed by atoms with van der Waals surface area (Å²) in [6, 6.07) is 9.77. The third-order valence-electron chi connectivity index (χ3n) is 2.23. The molecule has 0 aliphatic carbocycles. The van der Waals surface area contributed by atoms with Gasteiger partial charge in [0.2, 0.25) is 0 Å². The third-order valence-corrected chi connectivity index (χ3v) is 3.27. The average Bonchev–Trinajstić information content (AvgIpc) is 2.37. The number of rotatable bonds is 3. The first-order chi connectivity index (χ1) is 8.61. The Morgan fingerprint density at radius 2 is 1.78 bits per heavy atom. The van der Waals surface area contributed by atoms with E-state index in [0.29, 0.717) is 38.4 Å². The molecule has 0 saturated carbocycles. The van der Waals surface area contributed by atoms with Crippen molar-refractivity contribution in [3.63, 3.8) is 0 Å². The van der Waals surface area contributed by atoms with E-state index >= 15 is 0 Å². The minimum absolute atomic E-state index is 0.297. The molecular formula is C13H7Cl3O2. The van der Waals surface area contributed by atoms with Crippen molar-refractivity contribution in [2.75, 3.05) is 0 Å². The molecule has 0 aliphatic heterocycles. The van der Waals surface area contributed by atoms with E-state index < -0.39 is 0 Å². The summed E-state index contributed by atoms with van der Waals surface area (Å²) in [5, 5.41) is 1.14. The molecule has 92 valence electrons. The molecule has 0 N–H and O–H groups in total. The number of aldehydes is 1. The van der Waals surface area contributed by atoms with Crippen LogP contribution in [0.25, 0.3) is 0 Å². The van der Waals surface area contributed by atoms with Gasteiger partial charge < -0.3 is 4.74 Å². The lowest BCUT2D eigenvalue weighted by atomic mass is 10.2. The van der Waals surface area contributed by atoms with Gasteiger partial charge >= 0.3 is 0 Å². The van der Waals surface area contributed by atoms with Crippen LogP contribution in [0.15, 0.2) is 36.4 Å². The molecule has 0 atom stereocenters. The zero-order valence-electron chi connectivity index (χ0n) is 8.99. The van der Waals surface area contributed by atoms with Crippen LogP contribution in [-0.4, -0.2) is 6.29 Å². The Labute approximate surface area is 119 Å². The molecule has 0 amide bonds. The smallest absolute Gasteiger partial charge is 0.153 e. The molecule has 18 heavy (non-hydrogen) atoms. The van der Waals surface area contributed by atoms with Gasteiger partial charge in [0.05, 0.1) is 10.6 Å². The lowest BCUT2D eigenvalue weighted by Crippen LogP contribution is -1.91. The van der Waals surface area contributed by atoms with Crippen LogP contribution in [-0.2, 0) is 0 Å². The van der Waals surface area contributed by atoms with Gasteiger partial charge in [-0.15, -0.1) is 0 Å². The summed E-state index contributed by atoms with van der Waals surface area (Å²) in [6.07, 6.45) is 0.666. The number of hydrogen-bond acceptors (Lipinski definition) is 2. The first kappa shape index (κ1) is 13.2. The highest BCUT2D eigenvalue weighted by Crippen LogP contribution is 2.35. The van der Waals surface area contributed by atoms with Crippen molar-refractivity contribution in [1.29, 1.82) is 0 Å². The first-order valence-electron chi connectivity index (χ1n) is 4.98. The molecule has 0 fully saturated rings. The van der Waals surface area contributed by atoms with Crippen molar-refractivity contribution in [2.24, 2.45) is 0 Å². The van der Waals surface area contributed by atoms with Gasteiger partial charge in [-0.25, -0.2) is 0 Å². The van der Waals surface area contributed by atoms with E-state index in [1.165, 1.54) is 6.07 Å². The molecule has 2 rings (SSSR count). The Hall–Kier alpha value is -1.22. The maximum Gasteiger partial charge on any atom is 0.153 e. The van der Waals surface area contributed by atoms with Gasteiger partial charge in [0.15, 0.2) is 6.29 Å². The second kappa shape index (κ2) is 5.61. The van der Waals surface area contributed by atoms with Crippen LogP contribution < -0.4 is 4.74 Å². The van der Waals surface area contributed by atoms with E-state index in [-0.39, 0.29) is 0 Å². The molecule has 0 heterocycles. The summed E-state index contributed by atoms with van der Waals surface area (Å²) < 4.78 is 5.56. The van der Waals surface area contributed by atoms with Crippen LogP contribution in [0.3, 0.4) is 0 Å². The summed E-state index contributed by atoms with van der Waals surface area (Å²) in [6.45, 7) is 0. The van der Waals surface area contributed by atoms with E-state index in [1.807, 2.05) is 0 Å². The van der Waals surface area contributed by atoms with E-state index in [4.69, 9.17) is 39.5 Å². The van der Waals surface area contributed by atoms with Gasteiger partial charge in [0, 0.05) is 5.02 Å². The molecule has 0 aliphatic rings. The Morgan fingerprint density at radius 3 is 2.50 bits per heavy atom. The van der Waals surface area contributed by atoms with E-state index in [0.717, 1.165) is 0 Å². The molecular weight excluding hydrogens is 294 g/mol. The Kier molecular flexibility index (Phi) is 4.12. The molecule has 0 spiro atoms. The number of carbonyl (C=O) groups is 1. The van der Waals surface area contributed by atoms with Gasteiger partial charge in [-0.3, -0.25) is 4.79 Å². The summed E-state index contributed by atoms with van der Waals surface area (Å²) >= 11 is 17.7. The zero-order chi connectivity index (χ0) is 13.1. The predicted octanol–water partition coefficient (Wildman–Crippen LogP) is 5.25. The highest BCUT2D eigenvalue weighted by atomic mass is 35.5. The molecule has 2 aromatic rings. The molecule has 0 saturated heterocycles. The minimum atomic E-state index is 0.297. The monoisotopic (exact) mass is 300 g/mol. The average molecular weight is 302 g/mol.